The summed E-state index contributed by atoms with van der Waals surface area (Å²) >= 11 is 0. The molecule has 2 saturated heterocycles. The second kappa shape index (κ2) is 8.29. The molecular weight excluding hydrogens is 304 g/mol. The highest BCUT2D eigenvalue weighted by Crippen LogP contribution is 2.23. The van der Waals surface area contributed by atoms with Gasteiger partial charge in [-0.25, -0.2) is 0 Å². The van der Waals surface area contributed by atoms with E-state index in [1.54, 1.807) is 0 Å². The van der Waals surface area contributed by atoms with Crippen LogP contribution in [0.15, 0.2) is 30.3 Å². The number of carbonyl (C=O) groups is 2. The van der Waals surface area contributed by atoms with Crippen LogP contribution in [0.3, 0.4) is 0 Å². The summed E-state index contributed by atoms with van der Waals surface area (Å²) in [5.41, 5.74) is 1.11. The summed E-state index contributed by atoms with van der Waals surface area (Å²) in [7, 11) is 0. The number of rotatable bonds is 4. The van der Waals surface area contributed by atoms with E-state index in [2.05, 4.69) is 5.32 Å². The maximum absolute atomic E-state index is 12.5. The van der Waals surface area contributed by atoms with Gasteiger partial charge in [0.25, 0.3) is 0 Å². The Labute approximate surface area is 143 Å². The molecule has 0 bridgehead atoms. The van der Waals surface area contributed by atoms with Crippen molar-refractivity contribution in [2.75, 3.05) is 26.3 Å². The Bertz CT molecular complexity index is 547. The standard InChI is InChI=1S/C19H26N2O3/c22-18(20-14-15-4-2-1-3-5-15)16-6-10-21(11-7-16)19(23)17-8-12-24-13-9-17/h1-5,16-17H,6-14H2,(H,20,22). The molecule has 3 rings (SSSR count). The molecule has 0 spiro atoms. The summed E-state index contributed by atoms with van der Waals surface area (Å²) in [6, 6.07) is 9.94. The number of hydrogen-bond acceptors (Lipinski definition) is 3. The number of nitrogens with one attached hydrogen (secondary N) is 1. The van der Waals surface area contributed by atoms with Gasteiger partial charge in [0.15, 0.2) is 0 Å². The molecule has 5 nitrogen and oxygen atoms in total. The summed E-state index contributed by atoms with van der Waals surface area (Å²) in [4.78, 5) is 26.8. The Morgan fingerprint density at radius 3 is 2.33 bits per heavy atom. The fourth-order valence-corrected chi connectivity index (χ4v) is 3.49. The summed E-state index contributed by atoms with van der Waals surface area (Å²) in [5.74, 6) is 0.494. The van der Waals surface area contributed by atoms with Gasteiger partial charge < -0.3 is 15.0 Å². The second-order valence-electron chi connectivity index (χ2n) is 6.69. The zero-order valence-corrected chi connectivity index (χ0v) is 14.1. The van der Waals surface area contributed by atoms with E-state index in [4.69, 9.17) is 4.74 Å². The quantitative estimate of drug-likeness (QED) is 0.918. The molecule has 5 heteroatoms. The molecule has 1 N–H and O–H groups in total. The first-order valence-corrected chi connectivity index (χ1v) is 8.92. The van der Waals surface area contributed by atoms with E-state index in [-0.39, 0.29) is 23.7 Å². The average Bonchev–Trinajstić information content (AvgIpc) is 2.67. The van der Waals surface area contributed by atoms with Crippen molar-refractivity contribution in [2.45, 2.75) is 32.2 Å². The molecule has 24 heavy (non-hydrogen) atoms. The second-order valence-corrected chi connectivity index (χ2v) is 6.69. The van der Waals surface area contributed by atoms with Crippen LogP contribution in [0.25, 0.3) is 0 Å². The predicted octanol–water partition coefficient (Wildman–Crippen LogP) is 1.97. The number of likely N-dealkylation sites (tertiary alicyclic amines) is 1. The Kier molecular flexibility index (Phi) is 5.86. The molecule has 1 aromatic carbocycles. The van der Waals surface area contributed by atoms with Gasteiger partial charge in [-0.2, -0.15) is 0 Å². The van der Waals surface area contributed by atoms with Crippen LogP contribution in [0.4, 0.5) is 0 Å². The molecule has 0 aromatic heterocycles. The molecule has 2 aliphatic heterocycles. The van der Waals surface area contributed by atoms with Crippen molar-refractivity contribution < 1.29 is 14.3 Å². The normalized spacial score (nSPS) is 19.9. The number of piperidine rings is 1. The van der Waals surface area contributed by atoms with Gasteiger partial charge in [0.2, 0.25) is 11.8 Å². The molecule has 2 amide bonds. The van der Waals surface area contributed by atoms with Crippen LogP contribution in [0.1, 0.15) is 31.2 Å². The molecule has 0 radical (unpaired) electrons. The number of amides is 2. The van der Waals surface area contributed by atoms with Gasteiger partial charge in [-0.05, 0) is 31.2 Å². The summed E-state index contributed by atoms with van der Waals surface area (Å²) in [6.07, 6.45) is 3.18. The van der Waals surface area contributed by atoms with Crippen LogP contribution in [0.5, 0.6) is 0 Å². The first-order chi connectivity index (χ1) is 11.7. The van der Waals surface area contributed by atoms with Crippen LogP contribution < -0.4 is 5.32 Å². The van der Waals surface area contributed by atoms with Gasteiger partial charge in [0.05, 0.1) is 0 Å². The van der Waals surface area contributed by atoms with Crippen LogP contribution in [0.2, 0.25) is 0 Å². The van der Waals surface area contributed by atoms with Gasteiger partial charge in [-0.15, -0.1) is 0 Å². The Balaban J connectivity index is 1.42. The van der Waals surface area contributed by atoms with E-state index in [1.165, 1.54) is 0 Å². The third-order valence-corrected chi connectivity index (χ3v) is 5.06. The minimum atomic E-state index is 0.0208. The molecule has 2 heterocycles. The van der Waals surface area contributed by atoms with Crippen LogP contribution in [-0.4, -0.2) is 43.0 Å². The van der Waals surface area contributed by atoms with Crippen molar-refractivity contribution in [3.8, 4) is 0 Å². The maximum atomic E-state index is 12.5. The molecule has 0 atom stereocenters. The van der Waals surface area contributed by atoms with Gasteiger partial charge in [-0.3, -0.25) is 9.59 Å². The Morgan fingerprint density at radius 1 is 1.00 bits per heavy atom. The molecule has 0 aliphatic carbocycles. The van der Waals surface area contributed by atoms with Crippen molar-refractivity contribution in [1.29, 1.82) is 0 Å². The van der Waals surface area contributed by atoms with E-state index in [0.29, 0.717) is 32.8 Å². The van der Waals surface area contributed by atoms with Crippen molar-refractivity contribution in [3.05, 3.63) is 35.9 Å². The number of benzene rings is 1. The lowest BCUT2D eigenvalue weighted by molar-refractivity contribution is -0.141. The van der Waals surface area contributed by atoms with Crippen molar-refractivity contribution in [1.82, 2.24) is 10.2 Å². The summed E-state index contributed by atoms with van der Waals surface area (Å²) in [6.45, 7) is 3.34. The van der Waals surface area contributed by atoms with Crippen molar-refractivity contribution >= 4 is 11.8 Å². The molecule has 2 aliphatic rings. The molecule has 2 fully saturated rings. The van der Waals surface area contributed by atoms with Crippen molar-refractivity contribution in [2.24, 2.45) is 11.8 Å². The van der Waals surface area contributed by atoms with Gasteiger partial charge >= 0.3 is 0 Å². The number of hydrogen-bond donors (Lipinski definition) is 1. The first-order valence-electron chi connectivity index (χ1n) is 8.92. The minimum Gasteiger partial charge on any atom is -0.381 e. The number of ether oxygens (including phenoxy) is 1. The fourth-order valence-electron chi connectivity index (χ4n) is 3.49. The number of nitrogens with zero attached hydrogens (tertiary/aromatic N) is 1. The average molecular weight is 330 g/mol. The van der Waals surface area contributed by atoms with Gasteiger partial charge in [0.1, 0.15) is 0 Å². The molecule has 0 saturated carbocycles. The van der Waals surface area contributed by atoms with Gasteiger partial charge in [-0.1, -0.05) is 30.3 Å². The van der Waals surface area contributed by atoms with Crippen LogP contribution in [0, 0.1) is 11.8 Å². The van der Waals surface area contributed by atoms with Crippen LogP contribution >= 0.6 is 0 Å². The molecule has 0 unspecified atom stereocenters. The summed E-state index contributed by atoms with van der Waals surface area (Å²) in [5, 5.41) is 3.02. The highest BCUT2D eigenvalue weighted by atomic mass is 16.5. The SMILES string of the molecule is O=C(NCc1ccccc1)C1CCN(C(=O)C2CCOCC2)CC1. The molecular formula is C19H26N2O3. The lowest BCUT2D eigenvalue weighted by atomic mass is 9.93. The van der Waals surface area contributed by atoms with E-state index in [1.807, 2.05) is 35.2 Å². The van der Waals surface area contributed by atoms with E-state index < -0.39 is 0 Å². The van der Waals surface area contributed by atoms with Crippen LogP contribution in [-0.2, 0) is 20.9 Å². The predicted molar refractivity (Wildman–Crippen MR) is 91.1 cm³/mol. The Hall–Kier alpha value is -1.88. The molecule has 130 valence electrons. The van der Waals surface area contributed by atoms with E-state index >= 15 is 0 Å². The Morgan fingerprint density at radius 2 is 1.67 bits per heavy atom. The van der Waals surface area contributed by atoms with E-state index in [9.17, 15) is 9.59 Å². The minimum absolute atomic E-state index is 0.0208. The zero-order valence-electron chi connectivity index (χ0n) is 14.1. The smallest absolute Gasteiger partial charge is 0.225 e. The number of carbonyl (C=O) groups excluding carboxylic acids is 2. The lowest BCUT2D eigenvalue weighted by Gasteiger charge is -2.34. The monoisotopic (exact) mass is 330 g/mol. The highest BCUT2D eigenvalue weighted by molar-refractivity contribution is 5.81. The highest BCUT2D eigenvalue weighted by Gasteiger charge is 2.31. The summed E-state index contributed by atoms with van der Waals surface area (Å²) < 4.78 is 5.33. The third-order valence-electron chi connectivity index (χ3n) is 5.06. The third kappa shape index (κ3) is 4.35. The largest absolute Gasteiger partial charge is 0.381 e. The first kappa shape index (κ1) is 17.0. The fraction of sp³-hybridized carbons (Fsp3) is 0.579. The van der Waals surface area contributed by atoms with Gasteiger partial charge in [0, 0.05) is 44.7 Å². The maximum Gasteiger partial charge on any atom is 0.225 e. The lowest BCUT2D eigenvalue weighted by Crippen LogP contribution is -2.45. The van der Waals surface area contributed by atoms with Crippen molar-refractivity contribution in [3.63, 3.8) is 0 Å². The van der Waals surface area contributed by atoms with E-state index in [0.717, 1.165) is 31.2 Å². The zero-order chi connectivity index (χ0) is 16.8. The molecule has 1 aromatic rings. The topological polar surface area (TPSA) is 58.6 Å².